The summed E-state index contributed by atoms with van der Waals surface area (Å²) in [6.45, 7) is 4.10. The van der Waals surface area contributed by atoms with Crippen molar-refractivity contribution in [1.29, 1.82) is 0 Å². The van der Waals surface area contributed by atoms with Crippen molar-refractivity contribution in [1.82, 2.24) is 4.98 Å². The average molecular weight is 370 g/mol. The average Bonchev–Trinajstić information content (AvgIpc) is 3.07. The molecule has 0 saturated carbocycles. The van der Waals surface area contributed by atoms with Crippen LogP contribution in [0.2, 0.25) is 0 Å². The van der Waals surface area contributed by atoms with Gasteiger partial charge in [0.2, 0.25) is 5.91 Å². The van der Waals surface area contributed by atoms with Crippen LogP contribution in [-0.4, -0.2) is 10.9 Å². The zero-order valence-electron chi connectivity index (χ0n) is 16.0. The highest BCUT2D eigenvalue weighted by atomic mass is 16.3. The highest BCUT2D eigenvalue weighted by Crippen LogP contribution is 2.23. The summed E-state index contributed by atoms with van der Waals surface area (Å²) < 4.78 is 5.94. The SMILES string of the molecule is Cc1cc(C)c2oc(Cc3ccc(NC(=O)Cc4ccccc4)cc3)nc2c1. The maximum absolute atomic E-state index is 12.2. The number of fused-ring (bicyclic) bond motifs is 1. The first-order valence-corrected chi connectivity index (χ1v) is 9.36. The van der Waals surface area contributed by atoms with Crippen molar-refractivity contribution in [3.63, 3.8) is 0 Å². The molecule has 0 aliphatic rings. The molecule has 1 aromatic heterocycles. The van der Waals surface area contributed by atoms with Gasteiger partial charge in [-0.2, -0.15) is 0 Å². The Morgan fingerprint density at radius 3 is 2.46 bits per heavy atom. The number of aromatic nitrogens is 1. The monoisotopic (exact) mass is 370 g/mol. The van der Waals surface area contributed by atoms with E-state index in [1.54, 1.807) is 0 Å². The van der Waals surface area contributed by atoms with Gasteiger partial charge in [0.05, 0.1) is 6.42 Å². The van der Waals surface area contributed by atoms with Crippen LogP contribution in [0.1, 0.15) is 28.1 Å². The van der Waals surface area contributed by atoms with Gasteiger partial charge in [-0.05, 0) is 54.3 Å². The van der Waals surface area contributed by atoms with Gasteiger partial charge in [0.15, 0.2) is 11.5 Å². The summed E-state index contributed by atoms with van der Waals surface area (Å²) in [6, 6.07) is 21.7. The lowest BCUT2D eigenvalue weighted by Gasteiger charge is -2.06. The zero-order chi connectivity index (χ0) is 19.5. The number of hydrogen-bond acceptors (Lipinski definition) is 3. The molecular weight excluding hydrogens is 348 g/mol. The molecule has 0 unspecified atom stereocenters. The molecule has 1 N–H and O–H groups in total. The van der Waals surface area contributed by atoms with E-state index in [1.807, 2.05) is 67.6 Å². The highest BCUT2D eigenvalue weighted by molar-refractivity contribution is 5.92. The van der Waals surface area contributed by atoms with Gasteiger partial charge in [-0.1, -0.05) is 48.5 Å². The Hall–Kier alpha value is -3.40. The molecule has 4 heteroatoms. The van der Waals surface area contributed by atoms with E-state index in [1.165, 1.54) is 5.56 Å². The van der Waals surface area contributed by atoms with Crippen molar-refractivity contribution in [3.05, 3.63) is 94.9 Å². The fourth-order valence-corrected chi connectivity index (χ4v) is 3.37. The van der Waals surface area contributed by atoms with Crippen LogP contribution in [0.4, 0.5) is 5.69 Å². The number of nitrogens with zero attached hydrogens (tertiary/aromatic N) is 1. The summed E-state index contributed by atoms with van der Waals surface area (Å²) in [7, 11) is 0. The summed E-state index contributed by atoms with van der Waals surface area (Å²) in [6.07, 6.45) is 0.982. The third-order valence-electron chi connectivity index (χ3n) is 4.66. The molecule has 1 amide bonds. The van der Waals surface area contributed by atoms with Crippen LogP contribution in [-0.2, 0) is 17.6 Å². The van der Waals surface area contributed by atoms with Crippen molar-refractivity contribution in [2.75, 3.05) is 5.32 Å². The van der Waals surface area contributed by atoms with Crippen LogP contribution in [0.15, 0.2) is 71.1 Å². The summed E-state index contributed by atoms with van der Waals surface area (Å²) in [5.41, 5.74) is 6.90. The van der Waals surface area contributed by atoms with Gasteiger partial charge in [0.1, 0.15) is 5.52 Å². The Morgan fingerprint density at radius 1 is 0.964 bits per heavy atom. The largest absolute Gasteiger partial charge is 0.440 e. The number of rotatable bonds is 5. The van der Waals surface area contributed by atoms with Gasteiger partial charge < -0.3 is 9.73 Å². The number of anilines is 1. The molecule has 0 bridgehead atoms. The fourth-order valence-electron chi connectivity index (χ4n) is 3.37. The minimum atomic E-state index is -0.0243. The van der Waals surface area contributed by atoms with Crippen molar-refractivity contribution in [2.45, 2.75) is 26.7 Å². The predicted molar refractivity (Wildman–Crippen MR) is 112 cm³/mol. The highest BCUT2D eigenvalue weighted by Gasteiger charge is 2.10. The molecule has 0 fully saturated rings. The van der Waals surface area contributed by atoms with E-state index < -0.39 is 0 Å². The first-order valence-electron chi connectivity index (χ1n) is 9.36. The summed E-state index contributed by atoms with van der Waals surface area (Å²) in [5.74, 6) is 0.674. The Morgan fingerprint density at radius 2 is 1.71 bits per heavy atom. The zero-order valence-corrected chi connectivity index (χ0v) is 16.0. The first-order chi connectivity index (χ1) is 13.6. The van der Waals surface area contributed by atoms with E-state index in [9.17, 15) is 4.79 Å². The number of benzene rings is 3. The number of amides is 1. The topological polar surface area (TPSA) is 55.1 Å². The lowest BCUT2D eigenvalue weighted by molar-refractivity contribution is -0.115. The van der Waals surface area contributed by atoms with Gasteiger partial charge >= 0.3 is 0 Å². The second-order valence-electron chi connectivity index (χ2n) is 7.12. The van der Waals surface area contributed by atoms with Crippen LogP contribution in [0.5, 0.6) is 0 Å². The molecule has 0 atom stereocenters. The number of nitrogens with one attached hydrogen (secondary N) is 1. The molecule has 1 heterocycles. The van der Waals surface area contributed by atoms with Crippen molar-refractivity contribution in [2.24, 2.45) is 0 Å². The van der Waals surface area contributed by atoms with E-state index in [0.29, 0.717) is 18.7 Å². The molecule has 4 rings (SSSR count). The second kappa shape index (κ2) is 7.69. The quantitative estimate of drug-likeness (QED) is 0.524. The van der Waals surface area contributed by atoms with Crippen molar-refractivity contribution < 1.29 is 9.21 Å². The molecule has 0 radical (unpaired) electrons. The number of carbonyl (C=O) groups excluding carboxylic acids is 1. The molecule has 3 aromatic carbocycles. The Labute approximate surface area is 164 Å². The van der Waals surface area contributed by atoms with Crippen LogP contribution >= 0.6 is 0 Å². The third kappa shape index (κ3) is 4.12. The molecule has 0 aliphatic carbocycles. The van der Waals surface area contributed by atoms with Gasteiger partial charge in [-0.25, -0.2) is 4.98 Å². The molecule has 0 aliphatic heterocycles. The predicted octanol–water partition coefficient (Wildman–Crippen LogP) is 5.22. The maximum atomic E-state index is 12.2. The Balaban J connectivity index is 1.42. The van der Waals surface area contributed by atoms with Crippen LogP contribution in [0, 0.1) is 13.8 Å². The third-order valence-corrected chi connectivity index (χ3v) is 4.66. The molecular formula is C24H22N2O2. The van der Waals surface area contributed by atoms with Gasteiger partial charge in [0.25, 0.3) is 0 Å². The minimum absolute atomic E-state index is 0.0243. The Bertz CT molecular complexity index is 1110. The summed E-state index contributed by atoms with van der Waals surface area (Å²) in [4.78, 5) is 16.8. The van der Waals surface area contributed by atoms with Gasteiger partial charge in [-0.3, -0.25) is 4.79 Å². The van der Waals surface area contributed by atoms with E-state index in [4.69, 9.17) is 4.42 Å². The van der Waals surface area contributed by atoms with E-state index in [-0.39, 0.29) is 5.91 Å². The minimum Gasteiger partial charge on any atom is -0.440 e. The Kier molecular flexibility index (Phi) is 4.94. The van der Waals surface area contributed by atoms with Gasteiger partial charge in [0, 0.05) is 12.1 Å². The van der Waals surface area contributed by atoms with Crippen molar-refractivity contribution in [3.8, 4) is 0 Å². The van der Waals surface area contributed by atoms with Crippen molar-refractivity contribution >= 4 is 22.7 Å². The molecule has 0 spiro atoms. The lowest BCUT2D eigenvalue weighted by atomic mass is 10.1. The maximum Gasteiger partial charge on any atom is 0.228 e. The number of oxazole rings is 1. The fraction of sp³-hybridized carbons (Fsp3) is 0.167. The summed E-state index contributed by atoms with van der Waals surface area (Å²) in [5, 5.41) is 2.94. The van der Waals surface area contributed by atoms with Crippen LogP contribution in [0.25, 0.3) is 11.1 Å². The number of aryl methyl sites for hydroxylation is 2. The molecule has 140 valence electrons. The van der Waals surface area contributed by atoms with E-state index in [0.717, 1.165) is 33.5 Å². The lowest BCUT2D eigenvalue weighted by Crippen LogP contribution is -2.14. The van der Waals surface area contributed by atoms with E-state index in [2.05, 4.69) is 23.3 Å². The van der Waals surface area contributed by atoms with Crippen LogP contribution in [0.3, 0.4) is 0 Å². The molecule has 0 saturated heterocycles. The standard InChI is InChI=1S/C24H22N2O2/c1-16-12-17(2)24-21(13-16)26-23(28-24)15-19-8-10-20(11-9-19)25-22(27)14-18-6-4-3-5-7-18/h3-13H,14-15H2,1-2H3,(H,25,27). The smallest absolute Gasteiger partial charge is 0.228 e. The van der Waals surface area contributed by atoms with Crippen LogP contribution < -0.4 is 5.32 Å². The van der Waals surface area contributed by atoms with Gasteiger partial charge in [-0.15, -0.1) is 0 Å². The normalized spacial score (nSPS) is 10.9. The first kappa shape index (κ1) is 18.0. The molecule has 4 aromatic rings. The summed E-state index contributed by atoms with van der Waals surface area (Å²) >= 11 is 0. The number of hydrogen-bond donors (Lipinski definition) is 1. The molecule has 28 heavy (non-hydrogen) atoms. The second-order valence-corrected chi connectivity index (χ2v) is 7.12. The molecule has 4 nitrogen and oxygen atoms in total. The number of carbonyl (C=O) groups is 1. The van der Waals surface area contributed by atoms with E-state index >= 15 is 0 Å².